The summed E-state index contributed by atoms with van der Waals surface area (Å²) in [4.78, 5) is 27.8. The van der Waals surface area contributed by atoms with Crippen molar-refractivity contribution in [3.63, 3.8) is 0 Å². The summed E-state index contributed by atoms with van der Waals surface area (Å²) in [7, 11) is 3.07. The van der Waals surface area contributed by atoms with Gasteiger partial charge < -0.3 is 19.5 Å². The first-order chi connectivity index (χ1) is 13.0. The van der Waals surface area contributed by atoms with Crippen LogP contribution in [0.5, 0.6) is 5.75 Å². The van der Waals surface area contributed by atoms with Crippen LogP contribution in [0.15, 0.2) is 41.3 Å². The number of ketones is 1. The Hall–Kier alpha value is -2.64. The molecule has 27 heavy (non-hydrogen) atoms. The summed E-state index contributed by atoms with van der Waals surface area (Å²) in [5, 5.41) is 12.8. The van der Waals surface area contributed by atoms with Crippen molar-refractivity contribution in [2.45, 2.75) is 13.0 Å². The molecular weight excluding hydrogens is 366 g/mol. The molecule has 0 bridgehead atoms. The predicted molar refractivity (Wildman–Crippen MR) is 103 cm³/mol. The number of aryl methyl sites for hydroxylation is 1. The number of benzene rings is 1. The van der Waals surface area contributed by atoms with Gasteiger partial charge in [0.1, 0.15) is 11.5 Å². The predicted octanol–water partition coefficient (Wildman–Crippen LogP) is 3.13. The summed E-state index contributed by atoms with van der Waals surface area (Å²) in [5.74, 6) is -0.972. The van der Waals surface area contributed by atoms with Gasteiger partial charge in [-0.1, -0.05) is 12.1 Å². The molecule has 0 radical (unpaired) electrons. The zero-order chi connectivity index (χ0) is 19.6. The van der Waals surface area contributed by atoms with Gasteiger partial charge in [-0.15, -0.1) is 11.3 Å². The van der Waals surface area contributed by atoms with Gasteiger partial charge in [-0.2, -0.15) is 0 Å². The molecule has 2 heterocycles. The molecule has 0 aliphatic carbocycles. The molecule has 1 fully saturated rings. The third-order valence-corrected chi connectivity index (χ3v) is 5.64. The maximum absolute atomic E-state index is 12.8. The number of aliphatic hydroxyl groups excluding tert-OH is 1. The Morgan fingerprint density at radius 3 is 2.67 bits per heavy atom. The van der Waals surface area contributed by atoms with Crippen LogP contribution in [0, 0.1) is 6.92 Å². The zero-order valence-corrected chi connectivity index (χ0v) is 16.2. The molecule has 2 aromatic rings. The molecule has 0 saturated carbocycles. The van der Waals surface area contributed by atoms with Gasteiger partial charge in [0.15, 0.2) is 0 Å². The number of hydrogen-bond acceptors (Lipinski definition) is 6. The lowest BCUT2D eigenvalue weighted by Gasteiger charge is -2.24. The van der Waals surface area contributed by atoms with Crippen molar-refractivity contribution in [2.75, 3.05) is 27.4 Å². The first kappa shape index (κ1) is 19.1. The number of ether oxygens (including phenoxy) is 2. The molecule has 142 valence electrons. The van der Waals surface area contributed by atoms with E-state index < -0.39 is 17.7 Å². The second-order valence-electron chi connectivity index (χ2n) is 6.19. The van der Waals surface area contributed by atoms with Gasteiger partial charge in [-0.25, -0.2) is 0 Å². The Bertz CT molecular complexity index is 901. The number of nitrogens with zero attached hydrogens (tertiary/aromatic N) is 1. The van der Waals surface area contributed by atoms with E-state index in [1.54, 1.807) is 24.3 Å². The number of aliphatic hydroxyl groups is 1. The number of likely N-dealkylation sites (tertiary alicyclic amines) is 1. The van der Waals surface area contributed by atoms with E-state index >= 15 is 0 Å². The van der Waals surface area contributed by atoms with Crippen LogP contribution >= 0.6 is 11.3 Å². The number of rotatable bonds is 6. The lowest BCUT2D eigenvalue weighted by molar-refractivity contribution is -0.140. The monoisotopic (exact) mass is 387 g/mol. The highest BCUT2D eigenvalue weighted by molar-refractivity contribution is 7.10. The smallest absolute Gasteiger partial charge is 0.295 e. The van der Waals surface area contributed by atoms with E-state index in [4.69, 9.17) is 9.47 Å². The van der Waals surface area contributed by atoms with Crippen molar-refractivity contribution in [3.05, 3.63) is 57.3 Å². The number of amides is 1. The van der Waals surface area contributed by atoms with E-state index in [9.17, 15) is 14.7 Å². The van der Waals surface area contributed by atoms with Crippen LogP contribution in [0.1, 0.15) is 22.0 Å². The van der Waals surface area contributed by atoms with Gasteiger partial charge >= 0.3 is 0 Å². The maximum atomic E-state index is 12.8. The molecule has 7 heteroatoms. The van der Waals surface area contributed by atoms with Crippen molar-refractivity contribution >= 4 is 28.8 Å². The molecule has 1 atom stereocenters. The molecule has 1 unspecified atom stereocenters. The summed E-state index contributed by atoms with van der Waals surface area (Å²) in [6.45, 7) is 2.49. The minimum absolute atomic E-state index is 0.0925. The third-order valence-electron chi connectivity index (χ3n) is 4.57. The summed E-state index contributed by atoms with van der Waals surface area (Å²) in [6, 6.07) is 8.08. The molecule has 1 saturated heterocycles. The molecular formula is C20H21NO5S. The summed E-state index contributed by atoms with van der Waals surface area (Å²) < 4.78 is 10.3. The van der Waals surface area contributed by atoms with Crippen molar-refractivity contribution in [3.8, 4) is 5.75 Å². The van der Waals surface area contributed by atoms with Crippen LogP contribution in [-0.2, 0) is 14.3 Å². The Morgan fingerprint density at radius 1 is 1.26 bits per heavy atom. The molecule has 1 aliphatic rings. The lowest BCUT2D eigenvalue weighted by Crippen LogP contribution is -2.32. The molecule has 6 nitrogen and oxygen atoms in total. The molecule has 1 amide bonds. The molecule has 0 spiro atoms. The minimum atomic E-state index is -0.691. The van der Waals surface area contributed by atoms with Crippen molar-refractivity contribution in [2.24, 2.45) is 0 Å². The van der Waals surface area contributed by atoms with E-state index in [1.807, 2.05) is 18.4 Å². The highest BCUT2D eigenvalue weighted by Crippen LogP contribution is 2.42. The average Bonchev–Trinajstić information content (AvgIpc) is 3.21. The lowest BCUT2D eigenvalue weighted by atomic mass is 9.98. The van der Waals surface area contributed by atoms with E-state index in [1.165, 1.54) is 30.5 Å². The van der Waals surface area contributed by atoms with E-state index in [2.05, 4.69) is 0 Å². The van der Waals surface area contributed by atoms with E-state index in [0.717, 1.165) is 10.4 Å². The molecule has 1 aromatic carbocycles. The molecule has 3 rings (SSSR count). The number of methoxy groups -OCH3 is 2. The van der Waals surface area contributed by atoms with Crippen LogP contribution in [0.25, 0.3) is 5.76 Å². The Morgan fingerprint density at radius 2 is 2.04 bits per heavy atom. The standard InChI is InChI=1S/C20H21NO5S/c1-12-7-10-27-19(12)16-15(18(23)20(24)21(16)8-9-25-2)17(22)13-5-4-6-14(11-13)26-3/h4-7,10-11,16,22H,8-9H2,1-3H3/b17-15-. The van der Waals surface area contributed by atoms with Gasteiger partial charge in [0.05, 0.1) is 25.3 Å². The topological polar surface area (TPSA) is 76.1 Å². The number of thiophene rings is 1. The van der Waals surface area contributed by atoms with Crippen LogP contribution in [-0.4, -0.2) is 49.1 Å². The highest BCUT2D eigenvalue weighted by atomic mass is 32.1. The largest absolute Gasteiger partial charge is 0.507 e. The first-order valence-electron chi connectivity index (χ1n) is 8.45. The fraction of sp³-hybridized carbons (Fsp3) is 0.300. The van der Waals surface area contributed by atoms with Gasteiger partial charge in [0, 0.05) is 24.1 Å². The second-order valence-corrected chi connectivity index (χ2v) is 7.13. The van der Waals surface area contributed by atoms with Gasteiger partial charge in [0.2, 0.25) is 0 Å². The number of carbonyl (C=O) groups excluding carboxylic acids is 2. The highest BCUT2D eigenvalue weighted by Gasteiger charge is 2.46. The maximum Gasteiger partial charge on any atom is 0.295 e. The Balaban J connectivity index is 2.16. The minimum Gasteiger partial charge on any atom is -0.507 e. The van der Waals surface area contributed by atoms with Gasteiger partial charge in [-0.05, 0) is 36.1 Å². The summed E-state index contributed by atoms with van der Waals surface area (Å²) in [5.41, 5.74) is 1.49. The number of Topliss-reactive ketones (excluding diaryl/α,β-unsaturated/α-hetero) is 1. The van der Waals surface area contributed by atoms with E-state index in [0.29, 0.717) is 17.9 Å². The zero-order valence-electron chi connectivity index (χ0n) is 15.4. The van der Waals surface area contributed by atoms with Crippen molar-refractivity contribution in [1.29, 1.82) is 0 Å². The SMILES string of the molecule is COCCN1C(=O)C(=O)/C(=C(\O)c2cccc(OC)c2)C1c1sccc1C. The Labute approximate surface area is 161 Å². The molecule has 1 aliphatic heterocycles. The summed E-state index contributed by atoms with van der Waals surface area (Å²) in [6.07, 6.45) is 0. The first-order valence-corrected chi connectivity index (χ1v) is 9.33. The van der Waals surface area contributed by atoms with Gasteiger partial charge in [0.25, 0.3) is 11.7 Å². The van der Waals surface area contributed by atoms with Crippen LogP contribution < -0.4 is 4.74 Å². The Kier molecular flexibility index (Phi) is 5.62. The normalized spacial score (nSPS) is 18.9. The number of carbonyl (C=O) groups is 2. The van der Waals surface area contributed by atoms with Crippen LogP contribution in [0.2, 0.25) is 0 Å². The van der Waals surface area contributed by atoms with Crippen molar-refractivity contribution < 1.29 is 24.2 Å². The average molecular weight is 387 g/mol. The van der Waals surface area contributed by atoms with Crippen molar-refractivity contribution in [1.82, 2.24) is 4.90 Å². The van der Waals surface area contributed by atoms with E-state index in [-0.39, 0.29) is 17.9 Å². The molecule has 1 aromatic heterocycles. The summed E-state index contributed by atoms with van der Waals surface area (Å²) >= 11 is 1.46. The third kappa shape index (κ3) is 3.48. The fourth-order valence-electron chi connectivity index (χ4n) is 3.16. The van der Waals surface area contributed by atoms with Crippen LogP contribution in [0.4, 0.5) is 0 Å². The van der Waals surface area contributed by atoms with Crippen LogP contribution in [0.3, 0.4) is 0 Å². The molecule has 1 N–H and O–H groups in total. The number of hydrogen-bond donors (Lipinski definition) is 1. The quantitative estimate of drug-likeness (QED) is 0.468. The van der Waals surface area contributed by atoms with Gasteiger partial charge in [-0.3, -0.25) is 9.59 Å². The fourth-order valence-corrected chi connectivity index (χ4v) is 4.21. The second kappa shape index (κ2) is 7.94.